The fraction of sp³-hybridized carbons (Fsp3) is 0.385. The second kappa shape index (κ2) is 7.47. The van der Waals surface area contributed by atoms with Gasteiger partial charge in [0.1, 0.15) is 0 Å². The first-order valence-electron chi connectivity index (χ1n) is 5.12. The lowest BCUT2D eigenvalue weighted by Gasteiger charge is -2.09. The van der Waals surface area contributed by atoms with Crippen molar-refractivity contribution in [2.45, 2.75) is 20.3 Å². The van der Waals surface area contributed by atoms with Crippen LogP contribution in [-0.4, -0.2) is 12.6 Å². The predicted octanol–water partition coefficient (Wildman–Crippen LogP) is 2.77. The van der Waals surface area contributed by atoms with Gasteiger partial charge in [-0.05, 0) is 19.4 Å². The van der Waals surface area contributed by atoms with E-state index in [4.69, 9.17) is 10.00 Å². The molecule has 0 heterocycles. The van der Waals surface area contributed by atoms with Crippen molar-refractivity contribution in [3.8, 4) is 6.07 Å². The molecule has 0 bridgehead atoms. The first kappa shape index (κ1) is 14.2. The van der Waals surface area contributed by atoms with Gasteiger partial charge in [0.25, 0.3) is 0 Å². The molecule has 0 aliphatic rings. The van der Waals surface area contributed by atoms with E-state index in [2.05, 4.69) is 13.2 Å². The Kier molecular flexibility index (Phi) is 6.62. The van der Waals surface area contributed by atoms with E-state index in [0.29, 0.717) is 18.6 Å². The summed E-state index contributed by atoms with van der Waals surface area (Å²) in [5, 5.41) is 8.48. The molecule has 0 rings (SSSR count). The molecule has 0 aromatic heterocycles. The predicted molar refractivity (Wildman–Crippen MR) is 63.4 cm³/mol. The Labute approximate surface area is 96.7 Å². The van der Waals surface area contributed by atoms with E-state index >= 15 is 0 Å². The Morgan fingerprint density at radius 1 is 1.50 bits per heavy atom. The summed E-state index contributed by atoms with van der Waals surface area (Å²) in [6.45, 7) is 11.3. The zero-order valence-corrected chi connectivity index (χ0v) is 9.82. The molecule has 0 N–H and O–H groups in total. The maximum Gasteiger partial charge on any atom is 0.308 e. The summed E-state index contributed by atoms with van der Waals surface area (Å²) in [5.74, 6) is -0.441. The molecule has 0 saturated heterocycles. The third-order valence-electron chi connectivity index (χ3n) is 1.92. The lowest BCUT2D eigenvalue weighted by Crippen LogP contribution is -2.14. The number of ether oxygens (including phenoxy) is 1. The Balaban J connectivity index is 4.16. The van der Waals surface area contributed by atoms with E-state index < -0.39 is 0 Å². The quantitative estimate of drug-likeness (QED) is 0.392. The van der Waals surface area contributed by atoms with E-state index in [0.717, 1.165) is 5.57 Å². The van der Waals surface area contributed by atoms with Crippen LogP contribution in [0.1, 0.15) is 20.3 Å². The summed E-state index contributed by atoms with van der Waals surface area (Å²) in [5.41, 5.74) is 1.14. The van der Waals surface area contributed by atoms with E-state index in [1.54, 1.807) is 26.0 Å². The lowest BCUT2D eigenvalue weighted by atomic mass is 10.0. The van der Waals surface area contributed by atoms with E-state index in [1.165, 1.54) is 0 Å². The standard InChI is InChI=1S/C13H17NO2/c1-5-16-13(15)12(4)8-10(2)6-7-11(3)9-14/h6-7,12H,2-3,5,8H2,1,4H3/b7-6-. The molecule has 1 atom stereocenters. The molecule has 0 amide bonds. The SMILES string of the molecule is C=C(C#N)/C=C\C(=C)CC(C)C(=O)OCC. The van der Waals surface area contributed by atoms with Crippen LogP contribution in [0.3, 0.4) is 0 Å². The third kappa shape index (κ3) is 5.82. The number of esters is 1. The highest BCUT2D eigenvalue weighted by Gasteiger charge is 2.13. The minimum atomic E-state index is -0.226. The van der Waals surface area contributed by atoms with Crippen LogP contribution in [0.15, 0.2) is 36.5 Å². The van der Waals surface area contributed by atoms with Gasteiger partial charge in [0.2, 0.25) is 0 Å². The van der Waals surface area contributed by atoms with Crippen LogP contribution in [-0.2, 0) is 9.53 Å². The molecule has 0 aromatic rings. The maximum absolute atomic E-state index is 11.3. The smallest absolute Gasteiger partial charge is 0.308 e. The maximum atomic E-state index is 11.3. The number of carbonyl (C=O) groups excluding carboxylic acids is 1. The highest BCUT2D eigenvalue weighted by Crippen LogP contribution is 2.13. The van der Waals surface area contributed by atoms with Gasteiger partial charge in [-0.25, -0.2) is 0 Å². The fourth-order valence-electron chi connectivity index (χ4n) is 1.08. The monoisotopic (exact) mass is 219 g/mol. The molecular formula is C13H17NO2. The van der Waals surface area contributed by atoms with Crippen LogP contribution in [0.5, 0.6) is 0 Å². The molecular weight excluding hydrogens is 202 g/mol. The molecule has 0 aliphatic heterocycles. The molecule has 0 spiro atoms. The highest BCUT2D eigenvalue weighted by atomic mass is 16.5. The van der Waals surface area contributed by atoms with Gasteiger partial charge in [0.05, 0.1) is 18.6 Å². The number of carbonyl (C=O) groups is 1. The minimum Gasteiger partial charge on any atom is -0.466 e. The molecule has 0 fully saturated rings. The van der Waals surface area contributed by atoms with Crippen molar-refractivity contribution >= 4 is 5.97 Å². The summed E-state index contributed by atoms with van der Waals surface area (Å²) in [7, 11) is 0. The molecule has 3 heteroatoms. The van der Waals surface area contributed by atoms with Crippen molar-refractivity contribution in [1.82, 2.24) is 0 Å². The number of hydrogen-bond donors (Lipinski definition) is 0. The minimum absolute atomic E-state index is 0.215. The Morgan fingerprint density at radius 2 is 2.12 bits per heavy atom. The van der Waals surface area contributed by atoms with Crippen LogP contribution in [0.2, 0.25) is 0 Å². The Bertz CT molecular complexity index is 347. The summed E-state index contributed by atoms with van der Waals surface area (Å²) >= 11 is 0. The van der Waals surface area contributed by atoms with Crippen LogP contribution < -0.4 is 0 Å². The first-order chi connectivity index (χ1) is 7.51. The molecule has 16 heavy (non-hydrogen) atoms. The Hall–Kier alpha value is -1.82. The second-order valence-electron chi connectivity index (χ2n) is 3.49. The summed E-state index contributed by atoms with van der Waals surface area (Å²) in [6, 6.07) is 1.90. The van der Waals surface area contributed by atoms with Crippen molar-refractivity contribution < 1.29 is 9.53 Å². The number of nitrogens with zero attached hydrogens (tertiary/aromatic N) is 1. The molecule has 0 aromatic carbocycles. The van der Waals surface area contributed by atoms with Gasteiger partial charge in [0, 0.05) is 5.57 Å². The Morgan fingerprint density at radius 3 is 2.62 bits per heavy atom. The van der Waals surface area contributed by atoms with Gasteiger partial charge in [-0.2, -0.15) is 5.26 Å². The lowest BCUT2D eigenvalue weighted by molar-refractivity contribution is -0.147. The van der Waals surface area contributed by atoms with Gasteiger partial charge in [-0.15, -0.1) is 0 Å². The normalized spacial score (nSPS) is 11.8. The van der Waals surface area contributed by atoms with Gasteiger partial charge in [-0.1, -0.05) is 31.7 Å². The molecule has 0 aliphatic carbocycles. The van der Waals surface area contributed by atoms with Crippen LogP contribution in [0, 0.1) is 17.2 Å². The molecule has 0 saturated carbocycles. The number of rotatable bonds is 6. The first-order valence-corrected chi connectivity index (χ1v) is 5.12. The molecule has 3 nitrogen and oxygen atoms in total. The van der Waals surface area contributed by atoms with Crippen molar-refractivity contribution in [1.29, 1.82) is 5.26 Å². The van der Waals surface area contributed by atoms with E-state index in [9.17, 15) is 4.79 Å². The van der Waals surface area contributed by atoms with Crippen molar-refractivity contribution in [3.63, 3.8) is 0 Å². The largest absolute Gasteiger partial charge is 0.466 e. The summed E-state index contributed by atoms with van der Waals surface area (Å²) < 4.78 is 4.88. The van der Waals surface area contributed by atoms with Gasteiger partial charge in [0.15, 0.2) is 0 Å². The van der Waals surface area contributed by atoms with Gasteiger partial charge < -0.3 is 4.74 Å². The zero-order valence-electron chi connectivity index (χ0n) is 9.82. The second-order valence-corrected chi connectivity index (χ2v) is 3.49. The highest BCUT2D eigenvalue weighted by molar-refractivity contribution is 5.72. The fourth-order valence-corrected chi connectivity index (χ4v) is 1.08. The van der Waals surface area contributed by atoms with Gasteiger partial charge >= 0.3 is 5.97 Å². The van der Waals surface area contributed by atoms with Crippen molar-refractivity contribution in [2.24, 2.45) is 5.92 Å². The topological polar surface area (TPSA) is 50.1 Å². The van der Waals surface area contributed by atoms with E-state index in [-0.39, 0.29) is 11.9 Å². The van der Waals surface area contributed by atoms with Gasteiger partial charge in [-0.3, -0.25) is 4.79 Å². The number of nitriles is 1. The van der Waals surface area contributed by atoms with Crippen molar-refractivity contribution in [3.05, 3.63) is 36.5 Å². The molecule has 1 unspecified atom stereocenters. The molecule has 0 radical (unpaired) electrons. The zero-order chi connectivity index (χ0) is 12.6. The van der Waals surface area contributed by atoms with Crippen molar-refractivity contribution in [2.75, 3.05) is 6.61 Å². The summed E-state index contributed by atoms with van der Waals surface area (Å²) in [6.07, 6.45) is 3.80. The molecule has 86 valence electrons. The van der Waals surface area contributed by atoms with E-state index in [1.807, 2.05) is 6.07 Å². The van der Waals surface area contributed by atoms with Crippen LogP contribution >= 0.6 is 0 Å². The summed E-state index contributed by atoms with van der Waals surface area (Å²) in [4.78, 5) is 11.3. The third-order valence-corrected chi connectivity index (χ3v) is 1.92. The average molecular weight is 219 g/mol. The average Bonchev–Trinajstić information content (AvgIpc) is 2.26. The number of hydrogen-bond acceptors (Lipinski definition) is 3. The number of allylic oxidation sites excluding steroid dienone is 4. The van der Waals surface area contributed by atoms with Crippen LogP contribution in [0.4, 0.5) is 0 Å². The van der Waals surface area contributed by atoms with Crippen LogP contribution in [0.25, 0.3) is 0 Å².